The van der Waals surface area contributed by atoms with E-state index in [4.69, 9.17) is 0 Å². The van der Waals surface area contributed by atoms with Crippen molar-refractivity contribution in [2.24, 2.45) is 0 Å². The summed E-state index contributed by atoms with van der Waals surface area (Å²) >= 11 is 1.85. The molecule has 12 aromatic rings. The lowest BCUT2D eigenvalue weighted by molar-refractivity contribution is 1.18. The van der Waals surface area contributed by atoms with Crippen LogP contribution in [0.15, 0.2) is 249 Å². The van der Waals surface area contributed by atoms with Crippen molar-refractivity contribution in [2.75, 3.05) is 9.80 Å². The summed E-state index contributed by atoms with van der Waals surface area (Å²) in [6, 6.07) is 90.2. The van der Waals surface area contributed by atoms with Gasteiger partial charge in [-0.15, -0.1) is 11.3 Å². The van der Waals surface area contributed by atoms with Gasteiger partial charge >= 0.3 is 0 Å². The quantitative estimate of drug-likeness (QED) is 0.143. The number of rotatable bonds is 9. The third kappa shape index (κ3) is 6.69. The molecule has 0 atom stereocenters. The number of thiophene rings is 1. The topological polar surface area (TPSA) is 11.4 Å². The van der Waals surface area contributed by atoms with Crippen LogP contribution in [0.5, 0.6) is 0 Å². The Bertz CT molecular complexity index is 3560. The second kappa shape index (κ2) is 15.9. The molecular weight excluding hydrogens is 795 g/mol. The summed E-state index contributed by atoms with van der Waals surface area (Å²) in [5, 5.41) is 5.05. The second-order valence-corrected chi connectivity index (χ2v) is 17.3. The van der Waals surface area contributed by atoms with Crippen molar-refractivity contribution in [3.05, 3.63) is 249 Å². The van der Waals surface area contributed by atoms with E-state index in [1.165, 1.54) is 53.1 Å². The summed E-state index contributed by atoms with van der Waals surface area (Å²) < 4.78 is 4.96. The van der Waals surface area contributed by atoms with Gasteiger partial charge in [0.15, 0.2) is 0 Å². The van der Waals surface area contributed by atoms with E-state index in [2.05, 4.69) is 263 Å². The molecule has 0 amide bonds. The van der Waals surface area contributed by atoms with E-state index in [0.29, 0.717) is 0 Å². The highest BCUT2D eigenvalue weighted by Gasteiger charge is 2.21. The maximum atomic E-state index is 2.41. The van der Waals surface area contributed by atoms with Gasteiger partial charge in [-0.3, -0.25) is 0 Å². The van der Waals surface area contributed by atoms with Gasteiger partial charge in [0.05, 0.1) is 11.0 Å². The van der Waals surface area contributed by atoms with Crippen molar-refractivity contribution in [3.63, 3.8) is 0 Å². The molecule has 12 rings (SSSR count). The average molecular weight is 836 g/mol. The summed E-state index contributed by atoms with van der Waals surface area (Å²) in [5.41, 5.74) is 14.7. The number of fused-ring (bicyclic) bond motifs is 6. The first-order valence-corrected chi connectivity index (χ1v) is 22.6. The van der Waals surface area contributed by atoms with Crippen LogP contribution in [0.25, 0.3) is 69.9 Å². The van der Waals surface area contributed by atoms with Crippen molar-refractivity contribution in [1.29, 1.82) is 0 Å². The zero-order valence-electron chi connectivity index (χ0n) is 34.9. The Morgan fingerprint density at radius 2 is 0.750 bits per heavy atom. The Hall–Kier alpha value is -8.18. The van der Waals surface area contributed by atoms with Gasteiger partial charge in [0.1, 0.15) is 0 Å². The summed E-state index contributed by atoms with van der Waals surface area (Å²) in [5.74, 6) is 0. The lowest BCUT2D eigenvalue weighted by atomic mass is 9.97. The van der Waals surface area contributed by atoms with E-state index in [1.807, 2.05) is 11.3 Å². The van der Waals surface area contributed by atoms with Crippen LogP contribution in [0.1, 0.15) is 0 Å². The molecule has 0 aliphatic carbocycles. The fraction of sp³-hybridized carbons (Fsp3) is 0. The van der Waals surface area contributed by atoms with Crippen molar-refractivity contribution in [1.82, 2.24) is 4.57 Å². The molecule has 2 heterocycles. The number of nitrogens with zero attached hydrogens (tertiary/aromatic N) is 3. The molecule has 0 radical (unpaired) electrons. The molecule has 64 heavy (non-hydrogen) atoms. The first kappa shape index (κ1) is 37.6. The Morgan fingerprint density at radius 1 is 0.266 bits per heavy atom. The molecule has 0 saturated carbocycles. The summed E-state index contributed by atoms with van der Waals surface area (Å²) in [4.78, 5) is 4.77. The molecule has 4 heteroatoms. The van der Waals surface area contributed by atoms with E-state index in [0.717, 1.165) is 50.9 Å². The molecule has 0 aliphatic rings. The monoisotopic (exact) mass is 835 g/mol. The van der Waals surface area contributed by atoms with Crippen LogP contribution in [-0.2, 0) is 0 Å². The lowest BCUT2D eigenvalue weighted by Gasteiger charge is -2.30. The molecule has 0 aliphatic heterocycles. The summed E-state index contributed by atoms with van der Waals surface area (Å²) in [7, 11) is 0. The molecule has 0 saturated heterocycles. The third-order valence-corrected chi connectivity index (χ3v) is 13.5. The van der Waals surface area contributed by atoms with E-state index < -0.39 is 0 Å². The average Bonchev–Trinajstić information content (AvgIpc) is 3.91. The maximum absolute atomic E-state index is 2.41. The first-order valence-electron chi connectivity index (χ1n) is 21.7. The molecule has 0 spiro atoms. The highest BCUT2D eigenvalue weighted by atomic mass is 32.1. The van der Waals surface area contributed by atoms with Crippen molar-refractivity contribution in [3.8, 4) is 27.9 Å². The van der Waals surface area contributed by atoms with Crippen molar-refractivity contribution in [2.45, 2.75) is 0 Å². The highest BCUT2D eigenvalue weighted by Crippen LogP contribution is 2.45. The van der Waals surface area contributed by atoms with Crippen LogP contribution in [-0.4, -0.2) is 4.57 Å². The zero-order chi connectivity index (χ0) is 42.4. The van der Waals surface area contributed by atoms with Crippen LogP contribution in [0, 0.1) is 0 Å². The maximum Gasteiger partial charge on any atom is 0.0541 e. The van der Waals surface area contributed by atoms with Gasteiger partial charge in [0.25, 0.3) is 0 Å². The molecule has 3 nitrogen and oxygen atoms in total. The van der Waals surface area contributed by atoms with Crippen molar-refractivity contribution >= 4 is 87.4 Å². The largest absolute Gasteiger partial charge is 0.310 e. The third-order valence-electron chi connectivity index (χ3n) is 12.3. The number of aromatic nitrogens is 1. The number of benzene rings is 10. The number of hydrogen-bond donors (Lipinski definition) is 0. The van der Waals surface area contributed by atoms with E-state index in [9.17, 15) is 0 Å². The molecule has 0 fully saturated rings. The van der Waals surface area contributed by atoms with E-state index in [-0.39, 0.29) is 0 Å². The van der Waals surface area contributed by atoms with Gasteiger partial charge in [0.2, 0.25) is 0 Å². The zero-order valence-corrected chi connectivity index (χ0v) is 35.7. The lowest BCUT2D eigenvalue weighted by Crippen LogP contribution is -2.13. The highest BCUT2D eigenvalue weighted by molar-refractivity contribution is 7.25. The predicted molar refractivity (Wildman–Crippen MR) is 274 cm³/mol. The van der Waals surface area contributed by atoms with Gasteiger partial charge < -0.3 is 14.4 Å². The van der Waals surface area contributed by atoms with Gasteiger partial charge in [0, 0.05) is 70.8 Å². The van der Waals surface area contributed by atoms with Crippen molar-refractivity contribution < 1.29 is 0 Å². The Morgan fingerprint density at radius 3 is 1.39 bits per heavy atom. The minimum Gasteiger partial charge on any atom is -0.310 e. The number of hydrogen-bond acceptors (Lipinski definition) is 3. The predicted octanol–water partition coefficient (Wildman–Crippen LogP) is 17.4. The van der Waals surface area contributed by atoms with Crippen LogP contribution in [0.4, 0.5) is 34.1 Å². The Kier molecular flexibility index (Phi) is 9.36. The smallest absolute Gasteiger partial charge is 0.0541 e. The standard InChI is InChI=1S/C60H41N3S/c1-5-17-46(18-6-1)61(47-19-7-2-8-20-47)51-37-45(38-52(40-51)62(48-21-9-3-10-22-48)50-34-36-60-56(41-50)54-26-14-16-28-59(54)64-60)43-31-29-42(30-32-43)44-33-35-58-55(39-44)53-25-13-15-27-57(53)63(58)49-23-11-4-12-24-49/h1-41H. The van der Waals surface area contributed by atoms with Gasteiger partial charge in [-0.2, -0.15) is 0 Å². The van der Waals surface area contributed by atoms with Crippen LogP contribution < -0.4 is 9.80 Å². The van der Waals surface area contributed by atoms with Gasteiger partial charge in [-0.25, -0.2) is 0 Å². The van der Waals surface area contributed by atoms with Crippen LogP contribution in [0.3, 0.4) is 0 Å². The fourth-order valence-electron chi connectivity index (χ4n) is 9.36. The van der Waals surface area contributed by atoms with Gasteiger partial charge in [-0.1, -0.05) is 140 Å². The first-order chi connectivity index (χ1) is 31.7. The SMILES string of the molecule is c1ccc(N(c2ccccc2)c2cc(-c3ccc(-c4ccc5c(c4)c4ccccc4n5-c4ccccc4)cc3)cc(N(c3ccccc3)c3ccc4sc5ccccc5c4c3)c2)cc1. The molecule has 0 N–H and O–H groups in total. The molecule has 10 aromatic carbocycles. The molecular formula is C60H41N3S. The summed E-state index contributed by atoms with van der Waals surface area (Å²) in [6.07, 6.45) is 0. The molecule has 302 valence electrons. The van der Waals surface area contributed by atoms with E-state index >= 15 is 0 Å². The Labute approximate surface area is 376 Å². The minimum atomic E-state index is 1.07. The van der Waals surface area contributed by atoms with Crippen LogP contribution >= 0.6 is 11.3 Å². The molecule has 0 bridgehead atoms. The van der Waals surface area contributed by atoms with Gasteiger partial charge in [-0.05, 0) is 131 Å². The van der Waals surface area contributed by atoms with Crippen LogP contribution in [0.2, 0.25) is 0 Å². The fourth-order valence-corrected chi connectivity index (χ4v) is 10.4. The normalized spacial score (nSPS) is 11.4. The van der Waals surface area contributed by atoms with E-state index in [1.54, 1.807) is 0 Å². The Balaban J connectivity index is 1.02. The summed E-state index contributed by atoms with van der Waals surface area (Å²) in [6.45, 7) is 0. The number of para-hydroxylation sites is 5. The molecule has 0 unspecified atom stereocenters. The second-order valence-electron chi connectivity index (χ2n) is 16.2. The number of anilines is 6. The molecule has 2 aromatic heterocycles. The minimum absolute atomic E-state index is 1.07.